The molecule has 1 aromatic heterocycles. The van der Waals surface area contributed by atoms with Crippen molar-refractivity contribution in [2.75, 3.05) is 36.5 Å². The normalized spacial score (nSPS) is 19.4. The standard InChI is InChI=1S/C18H20N4O3/c23-18(21-14-3-4-15-16(10-14)25-9-8-24-15)13-2-1-7-22(12-13)17-11-19-5-6-20-17/h3-6,10-11,13H,1-2,7-9,12H2,(H,21,23). The molecule has 1 saturated heterocycles. The molecule has 0 spiro atoms. The molecule has 0 radical (unpaired) electrons. The summed E-state index contributed by atoms with van der Waals surface area (Å²) in [6.07, 6.45) is 6.89. The Labute approximate surface area is 146 Å². The Morgan fingerprint density at radius 3 is 2.92 bits per heavy atom. The van der Waals surface area contributed by atoms with E-state index in [2.05, 4.69) is 20.2 Å². The topological polar surface area (TPSA) is 76.6 Å². The molecule has 3 heterocycles. The van der Waals surface area contributed by atoms with Gasteiger partial charge in [0, 0.05) is 37.2 Å². The van der Waals surface area contributed by atoms with Gasteiger partial charge in [0.1, 0.15) is 19.0 Å². The van der Waals surface area contributed by atoms with E-state index in [1.54, 1.807) is 18.6 Å². The Hall–Kier alpha value is -2.83. The predicted molar refractivity (Wildman–Crippen MR) is 93.0 cm³/mol. The molecular weight excluding hydrogens is 320 g/mol. The Kier molecular flexibility index (Phi) is 4.37. The lowest BCUT2D eigenvalue weighted by Crippen LogP contribution is -2.41. The second kappa shape index (κ2) is 6.96. The highest BCUT2D eigenvalue weighted by molar-refractivity contribution is 5.93. The fourth-order valence-electron chi connectivity index (χ4n) is 3.22. The van der Waals surface area contributed by atoms with E-state index < -0.39 is 0 Å². The first kappa shape index (κ1) is 15.7. The van der Waals surface area contributed by atoms with Crippen LogP contribution in [0.25, 0.3) is 0 Å². The number of aromatic nitrogens is 2. The molecule has 7 nitrogen and oxygen atoms in total. The van der Waals surface area contributed by atoms with Crippen LogP contribution < -0.4 is 19.7 Å². The first-order valence-electron chi connectivity index (χ1n) is 8.51. The van der Waals surface area contributed by atoms with E-state index in [4.69, 9.17) is 9.47 Å². The smallest absolute Gasteiger partial charge is 0.229 e. The molecular formula is C18H20N4O3. The van der Waals surface area contributed by atoms with E-state index >= 15 is 0 Å². The van der Waals surface area contributed by atoms with Gasteiger partial charge in [-0.1, -0.05) is 0 Å². The second-order valence-corrected chi connectivity index (χ2v) is 6.20. The average Bonchev–Trinajstić information content (AvgIpc) is 2.69. The van der Waals surface area contributed by atoms with Gasteiger partial charge in [0.05, 0.1) is 12.1 Å². The molecule has 25 heavy (non-hydrogen) atoms. The molecule has 2 aromatic rings. The van der Waals surface area contributed by atoms with E-state index in [0.717, 1.165) is 36.6 Å². The fourth-order valence-corrected chi connectivity index (χ4v) is 3.22. The number of anilines is 2. The Balaban J connectivity index is 1.42. The van der Waals surface area contributed by atoms with Gasteiger partial charge in [-0.15, -0.1) is 0 Å². The lowest BCUT2D eigenvalue weighted by atomic mass is 9.97. The summed E-state index contributed by atoms with van der Waals surface area (Å²) < 4.78 is 11.1. The van der Waals surface area contributed by atoms with Gasteiger partial charge >= 0.3 is 0 Å². The molecule has 4 rings (SSSR count). The van der Waals surface area contributed by atoms with E-state index in [1.165, 1.54) is 0 Å². The SMILES string of the molecule is O=C(Nc1ccc2c(c1)OCCO2)C1CCCN(c2cnccn2)C1. The van der Waals surface area contributed by atoms with Crippen LogP contribution in [0, 0.1) is 5.92 Å². The average molecular weight is 340 g/mol. The molecule has 130 valence electrons. The van der Waals surface area contributed by atoms with Gasteiger partial charge < -0.3 is 19.7 Å². The maximum atomic E-state index is 12.7. The van der Waals surface area contributed by atoms with Crippen molar-refractivity contribution in [1.29, 1.82) is 0 Å². The molecule has 0 bridgehead atoms. The third-order valence-corrected chi connectivity index (χ3v) is 4.48. The number of amides is 1. The van der Waals surface area contributed by atoms with Crippen LogP contribution in [0.1, 0.15) is 12.8 Å². The molecule has 1 fully saturated rings. The van der Waals surface area contributed by atoms with Crippen LogP contribution in [0.3, 0.4) is 0 Å². The first-order valence-corrected chi connectivity index (χ1v) is 8.51. The van der Waals surface area contributed by atoms with Gasteiger partial charge in [-0.3, -0.25) is 9.78 Å². The Bertz CT molecular complexity index is 753. The van der Waals surface area contributed by atoms with Crippen molar-refractivity contribution >= 4 is 17.4 Å². The van der Waals surface area contributed by atoms with Crippen LogP contribution in [0.4, 0.5) is 11.5 Å². The number of carbonyl (C=O) groups is 1. The monoisotopic (exact) mass is 340 g/mol. The highest BCUT2D eigenvalue weighted by Crippen LogP contribution is 2.33. The largest absolute Gasteiger partial charge is 0.486 e. The Morgan fingerprint density at radius 2 is 2.08 bits per heavy atom. The highest BCUT2D eigenvalue weighted by atomic mass is 16.6. The molecule has 2 aliphatic heterocycles. The molecule has 0 aliphatic carbocycles. The summed E-state index contributed by atoms with van der Waals surface area (Å²) in [7, 11) is 0. The zero-order valence-electron chi connectivity index (χ0n) is 13.9. The summed E-state index contributed by atoms with van der Waals surface area (Å²) in [4.78, 5) is 23.2. The van der Waals surface area contributed by atoms with Gasteiger partial charge in [0.2, 0.25) is 5.91 Å². The summed E-state index contributed by atoms with van der Waals surface area (Å²) in [5, 5.41) is 3.00. The van der Waals surface area contributed by atoms with E-state index in [9.17, 15) is 4.79 Å². The minimum absolute atomic E-state index is 0.0188. The van der Waals surface area contributed by atoms with Crippen molar-refractivity contribution in [2.45, 2.75) is 12.8 Å². The number of hydrogen-bond acceptors (Lipinski definition) is 6. The third kappa shape index (κ3) is 3.50. The lowest BCUT2D eigenvalue weighted by molar-refractivity contribution is -0.120. The first-order chi connectivity index (χ1) is 12.3. The van der Waals surface area contributed by atoms with Crippen LogP contribution in [0.2, 0.25) is 0 Å². The van der Waals surface area contributed by atoms with Crippen LogP contribution in [0.5, 0.6) is 11.5 Å². The summed E-state index contributed by atoms with van der Waals surface area (Å²) >= 11 is 0. The zero-order chi connectivity index (χ0) is 17.1. The number of nitrogens with zero attached hydrogens (tertiary/aromatic N) is 3. The van der Waals surface area contributed by atoms with Gasteiger partial charge in [-0.05, 0) is 25.0 Å². The van der Waals surface area contributed by atoms with Crippen LogP contribution in [0.15, 0.2) is 36.8 Å². The van der Waals surface area contributed by atoms with Gasteiger partial charge in [-0.25, -0.2) is 4.98 Å². The van der Waals surface area contributed by atoms with Gasteiger partial charge in [0.25, 0.3) is 0 Å². The molecule has 1 aromatic carbocycles. The van der Waals surface area contributed by atoms with E-state index in [0.29, 0.717) is 25.5 Å². The van der Waals surface area contributed by atoms with Gasteiger partial charge in [0.15, 0.2) is 11.5 Å². The molecule has 1 atom stereocenters. The number of nitrogens with one attached hydrogen (secondary N) is 1. The second-order valence-electron chi connectivity index (χ2n) is 6.20. The maximum Gasteiger partial charge on any atom is 0.229 e. The Morgan fingerprint density at radius 1 is 1.20 bits per heavy atom. The summed E-state index contributed by atoms with van der Waals surface area (Å²) in [6, 6.07) is 5.49. The number of benzene rings is 1. The maximum absolute atomic E-state index is 12.7. The molecule has 1 N–H and O–H groups in total. The highest BCUT2D eigenvalue weighted by Gasteiger charge is 2.27. The fraction of sp³-hybridized carbons (Fsp3) is 0.389. The summed E-state index contributed by atoms with van der Waals surface area (Å²) in [5.74, 6) is 2.15. The predicted octanol–water partition coefficient (Wildman–Crippen LogP) is 2.10. The van der Waals surface area contributed by atoms with Crippen LogP contribution in [-0.4, -0.2) is 42.2 Å². The molecule has 1 unspecified atom stereocenters. The van der Waals surface area contributed by atoms with Crippen molar-refractivity contribution in [2.24, 2.45) is 5.92 Å². The van der Waals surface area contributed by atoms with Crippen molar-refractivity contribution in [1.82, 2.24) is 9.97 Å². The molecule has 2 aliphatic rings. The number of ether oxygens (including phenoxy) is 2. The van der Waals surface area contributed by atoms with Crippen molar-refractivity contribution < 1.29 is 14.3 Å². The minimum atomic E-state index is -0.0797. The number of piperidine rings is 1. The number of fused-ring (bicyclic) bond motifs is 1. The number of rotatable bonds is 3. The van der Waals surface area contributed by atoms with E-state index in [-0.39, 0.29) is 11.8 Å². The third-order valence-electron chi connectivity index (χ3n) is 4.48. The summed E-state index contributed by atoms with van der Waals surface area (Å²) in [6.45, 7) is 2.63. The lowest BCUT2D eigenvalue weighted by Gasteiger charge is -2.32. The van der Waals surface area contributed by atoms with Crippen molar-refractivity contribution in [3.05, 3.63) is 36.8 Å². The summed E-state index contributed by atoms with van der Waals surface area (Å²) in [5.41, 5.74) is 0.728. The van der Waals surface area contributed by atoms with Crippen molar-refractivity contribution in [3.8, 4) is 11.5 Å². The quantitative estimate of drug-likeness (QED) is 0.922. The van der Waals surface area contributed by atoms with E-state index in [1.807, 2.05) is 18.2 Å². The van der Waals surface area contributed by atoms with Crippen LogP contribution in [-0.2, 0) is 4.79 Å². The number of hydrogen-bond donors (Lipinski definition) is 1. The zero-order valence-corrected chi connectivity index (χ0v) is 13.9. The van der Waals surface area contributed by atoms with Crippen molar-refractivity contribution in [3.63, 3.8) is 0 Å². The molecule has 1 amide bonds. The minimum Gasteiger partial charge on any atom is -0.486 e. The number of carbonyl (C=O) groups excluding carboxylic acids is 1. The van der Waals surface area contributed by atoms with Gasteiger partial charge in [-0.2, -0.15) is 0 Å². The molecule has 7 heteroatoms. The molecule has 0 saturated carbocycles. The van der Waals surface area contributed by atoms with Crippen LogP contribution >= 0.6 is 0 Å².